The summed E-state index contributed by atoms with van der Waals surface area (Å²) in [6, 6.07) is 0. The van der Waals surface area contributed by atoms with Crippen LogP contribution in [0.4, 0.5) is 0 Å². The van der Waals surface area contributed by atoms with E-state index in [1.807, 2.05) is 0 Å². The van der Waals surface area contributed by atoms with E-state index in [4.69, 9.17) is 40.5 Å². The molecule has 0 saturated heterocycles. The fourth-order valence-electron chi connectivity index (χ4n) is 0.220. The van der Waals surface area contributed by atoms with Gasteiger partial charge in [-0.3, -0.25) is 4.79 Å². The van der Waals surface area contributed by atoms with Gasteiger partial charge in [-0.1, -0.05) is 34.8 Å². The van der Waals surface area contributed by atoms with Crippen LogP contribution in [0.3, 0.4) is 0 Å². The van der Waals surface area contributed by atoms with E-state index < -0.39 is 5.91 Å². The molecule has 0 aromatic rings. The third-order valence-corrected chi connectivity index (χ3v) is 1.51. The van der Waals surface area contributed by atoms with Crippen molar-refractivity contribution in [1.29, 1.82) is 0 Å². The number of amides is 1. The number of nitrogens with two attached hydrogens (primary N) is 1. The Hall–Kier alpha value is 0.0800. The van der Waals surface area contributed by atoms with Gasteiger partial charge in [0.2, 0.25) is 5.91 Å². The highest BCUT2D eigenvalue weighted by molar-refractivity contribution is 6.59. The molecule has 1 amide bonds. The molecule has 5 heteroatoms. The van der Waals surface area contributed by atoms with Crippen molar-refractivity contribution in [3.05, 3.63) is 9.52 Å². The van der Waals surface area contributed by atoms with Gasteiger partial charge in [0.15, 0.2) is 0 Å². The summed E-state index contributed by atoms with van der Waals surface area (Å²) in [6.45, 7) is 0. The van der Waals surface area contributed by atoms with Crippen molar-refractivity contribution in [3.8, 4) is 0 Å². The third kappa shape index (κ3) is 4.58. The lowest BCUT2D eigenvalue weighted by Gasteiger charge is -1.91. The maximum atomic E-state index is 10.1. The lowest BCUT2D eigenvalue weighted by molar-refractivity contribution is -0.117. The van der Waals surface area contributed by atoms with Crippen molar-refractivity contribution >= 4 is 40.7 Å². The fraction of sp³-hybridized carbons (Fsp3) is 0.250. The van der Waals surface area contributed by atoms with E-state index in [-0.39, 0.29) is 15.9 Å². The van der Waals surface area contributed by atoms with E-state index in [2.05, 4.69) is 0 Å². The molecule has 0 aliphatic rings. The lowest BCUT2D eigenvalue weighted by atomic mass is 10.4. The molecule has 0 atom stereocenters. The first-order valence-electron chi connectivity index (χ1n) is 2.02. The molecular formula is C4H4Cl3NO. The quantitative estimate of drug-likeness (QED) is 0.705. The molecule has 2 nitrogen and oxygen atoms in total. The SMILES string of the molecule is NC(=O)CC(Cl)=C(Cl)Cl. The van der Waals surface area contributed by atoms with Crippen molar-refractivity contribution in [2.24, 2.45) is 5.73 Å². The predicted molar refractivity (Wildman–Crippen MR) is 38.4 cm³/mol. The van der Waals surface area contributed by atoms with Crippen LogP contribution in [0.2, 0.25) is 0 Å². The smallest absolute Gasteiger partial charge is 0.222 e. The van der Waals surface area contributed by atoms with E-state index in [0.29, 0.717) is 0 Å². The number of carbonyl (C=O) groups excluding carboxylic acids is 1. The average Bonchev–Trinajstić information content (AvgIpc) is 1.63. The minimum absolute atomic E-state index is 0.0748. The molecule has 2 N–H and O–H groups in total. The first-order valence-corrected chi connectivity index (χ1v) is 3.15. The van der Waals surface area contributed by atoms with Gasteiger partial charge in [0.25, 0.3) is 0 Å². The standard InChI is InChI=1S/C4H4Cl3NO/c5-2(4(6)7)1-3(8)9/h1H2,(H2,8,9). The number of halogens is 3. The Morgan fingerprint density at radius 3 is 1.89 bits per heavy atom. The Balaban J connectivity index is 3.92. The third-order valence-electron chi connectivity index (χ3n) is 0.534. The Kier molecular flexibility index (Phi) is 4.02. The molecule has 0 rings (SSSR count). The second-order valence-electron chi connectivity index (χ2n) is 1.31. The van der Waals surface area contributed by atoms with Gasteiger partial charge < -0.3 is 5.73 Å². The Bertz CT molecular complexity index is 150. The molecule has 9 heavy (non-hydrogen) atoms. The molecule has 0 spiro atoms. The van der Waals surface area contributed by atoms with E-state index in [1.54, 1.807) is 0 Å². The second kappa shape index (κ2) is 3.99. The van der Waals surface area contributed by atoms with E-state index >= 15 is 0 Å². The van der Waals surface area contributed by atoms with Gasteiger partial charge >= 0.3 is 0 Å². The number of hydrogen-bond donors (Lipinski definition) is 1. The summed E-state index contributed by atoms with van der Waals surface area (Å²) in [5, 5.41) is 0.0748. The zero-order valence-corrected chi connectivity index (χ0v) is 6.59. The van der Waals surface area contributed by atoms with E-state index in [1.165, 1.54) is 0 Å². The summed E-state index contributed by atoms with van der Waals surface area (Å²) in [4.78, 5) is 10.1. The lowest BCUT2D eigenvalue weighted by Crippen LogP contribution is -2.09. The molecule has 0 bridgehead atoms. The molecular weight excluding hydrogens is 184 g/mol. The van der Waals surface area contributed by atoms with Crippen molar-refractivity contribution in [2.45, 2.75) is 6.42 Å². The zero-order valence-electron chi connectivity index (χ0n) is 4.33. The fourth-order valence-corrected chi connectivity index (χ4v) is 0.485. The summed E-state index contributed by atoms with van der Waals surface area (Å²) in [5.74, 6) is -0.557. The normalized spacial score (nSPS) is 8.78. The average molecular weight is 188 g/mol. The Morgan fingerprint density at radius 1 is 1.33 bits per heavy atom. The van der Waals surface area contributed by atoms with Crippen LogP contribution in [0.5, 0.6) is 0 Å². The molecule has 0 heterocycles. The van der Waals surface area contributed by atoms with Crippen molar-refractivity contribution in [1.82, 2.24) is 0 Å². The van der Waals surface area contributed by atoms with Gasteiger partial charge in [-0.05, 0) is 0 Å². The molecule has 0 aliphatic carbocycles. The molecule has 0 fully saturated rings. The first-order chi connectivity index (χ1) is 4.04. The zero-order chi connectivity index (χ0) is 7.44. The van der Waals surface area contributed by atoms with Gasteiger partial charge in [-0.15, -0.1) is 0 Å². The number of hydrogen-bond acceptors (Lipinski definition) is 1. The largest absolute Gasteiger partial charge is 0.369 e. The maximum Gasteiger partial charge on any atom is 0.222 e. The highest BCUT2D eigenvalue weighted by Gasteiger charge is 2.01. The minimum Gasteiger partial charge on any atom is -0.369 e. The first kappa shape index (κ1) is 9.08. The van der Waals surface area contributed by atoms with Gasteiger partial charge in [0.05, 0.1) is 11.5 Å². The highest BCUT2D eigenvalue weighted by Crippen LogP contribution is 2.19. The summed E-state index contributed by atoms with van der Waals surface area (Å²) in [7, 11) is 0. The van der Waals surface area contributed by atoms with Crippen LogP contribution in [0, 0.1) is 0 Å². The minimum atomic E-state index is -0.557. The second-order valence-corrected chi connectivity index (χ2v) is 2.71. The molecule has 52 valence electrons. The summed E-state index contributed by atoms with van der Waals surface area (Å²) < 4.78 is -0.115. The number of primary amides is 1. The van der Waals surface area contributed by atoms with Crippen LogP contribution in [-0.4, -0.2) is 5.91 Å². The molecule has 0 aromatic heterocycles. The summed E-state index contributed by atoms with van der Waals surface area (Å²) in [5.41, 5.74) is 4.76. The topological polar surface area (TPSA) is 43.1 Å². The van der Waals surface area contributed by atoms with Crippen molar-refractivity contribution in [3.63, 3.8) is 0 Å². The van der Waals surface area contributed by atoms with Crippen LogP contribution < -0.4 is 5.73 Å². The Morgan fingerprint density at radius 2 is 1.78 bits per heavy atom. The van der Waals surface area contributed by atoms with Gasteiger partial charge in [0.1, 0.15) is 4.49 Å². The van der Waals surface area contributed by atoms with Crippen LogP contribution in [0.1, 0.15) is 6.42 Å². The van der Waals surface area contributed by atoms with Crippen LogP contribution >= 0.6 is 34.8 Å². The van der Waals surface area contributed by atoms with Gasteiger partial charge in [0, 0.05) is 0 Å². The monoisotopic (exact) mass is 187 g/mol. The van der Waals surface area contributed by atoms with Crippen LogP contribution in [0.25, 0.3) is 0 Å². The molecule has 0 unspecified atom stereocenters. The van der Waals surface area contributed by atoms with Gasteiger partial charge in [-0.2, -0.15) is 0 Å². The van der Waals surface area contributed by atoms with Crippen molar-refractivity contribution < 1.29 is 4.79 Å². The highest BCUT2D eigenvalue weighted by atomic mass is 35.5. The molecule has 0 saturated carbocycles. The van der Waals surface area contributed by atoms with Gasteiger partial charge in [-0.25, -0.2) is 0 Å². The maximum absolute atomic E-state index is 10.1. The number of rotatable bonds is 2. The Labute approximate surface area is 67.6 Å². The van der Waals surface area contributed by atoms with Crippen molar-refractivity contribution in [2.75, 3.05) is 0 Å². The van der Waals surface area contributed by atoms with Crippen LogP contribution in [0.15, 0.2) is 9.52 Å². The molecule has 0 aromatic carbocycles. The predicted octanol–water partition coefficient (Wildman–Crippen LogP) is 1.75. The molecule has 0 aliphatic heterocycles. The van der Waals surface area contributed by atoms with E-state index in [9.17, 15) is 4.79 Å². The molecule has 0 radical (unpaired) electrons. The van der Waals surface area contributed by atoms with Crippen LogP contribution in [-0.2, 0) is 4.79 Å². The summed E-state index contributed by atoms with van der Waals surface area (Å²) in [6.07, 6.45) is -0.107. The number of carbonyl (C=O) groups is 1. The van der Waals surface area contributed by atoms with E-state index in [0.717, 1.165) is 0 Å². The summed E-state index contributed by atoms with van der Waals surface area (Å²) >= 11 is 15.7.